The zero-order chi connectivity index (χ0) is 14.7. The Labute approximate surface area is 119 Å². The molecule has 3 fully saturated rings. The minimum absolute atomic E-state index is 0.129. The van der Waals surface area contributed by atoms with Gasteiger partial charge in [0.15, 0.2) is 0 Å². The van der Waals surface area contributed by atoms with Crippen molar-refractivity contribution >= 4 is 0 Å². The summed E-state index contributed by atoms with van der Waals surface area (Å²) >= 11 is 0. The number of epoxide rings is 1. The molecule has 0 aromatic carbocycles. The molecule has 2 saturated heterocycles. The maximum atomic E-state index is 10.3. The highest BCUT2D eigenvalue weighted by molar-refractivity contribution is 5.31. The van der Waals surface area contributed by atoms with Crippen molar-refractivity contribution in [1.82, 2.24) is 0 Å². The predicted molar refractivity (Wildman–Crippen MR) is 74.2 cm³/mol. The van der Waals surface area contributed by atoms with Crippen LogP contribution in [0.25, 0.3) is 0 Å². The lowest BCUT2D eigenvalue weighted by Gasteiger charge is -2.45. The summed E-state index contributed by atoms with van der Waals surface area (Å²) in [6.45, 7) is 9.46. The van der Waals surface area contributed by atoms with Gasteiger partial charge in [-0.3, -0.25) is 0 Å². The van der Waals surface area contributed by atoms with E-state index in [0.29, 0.717) is 12.8 Å². The molecule has 1 saturated carbocycles. The quantitative estimate of drug-likeness (QED) is 0.433. The molecule has 3 rings (SSSR count). The second-order valence-electron chi connectivity index (χ2n) is 6.73. The van der Waals surface area contributed by atoms with E-state index < -0.39 is 23.4 Å². The van der Waals surface area contributed by atoms with Crippen LogP contribution in [0.1, 0.15) is 33.6 Å². The van der Waals surface area contributed by atoms with Gasteiger partial charge in [-0.1, -0.05) is 12.2 Å². The van der Waals surface area contributed by atoms with Gasteiger partial charge in [-0.15, -0.1) is 5.73 Å². The van der Waals surface area contributed by atoms with Crippen molar-refractivity contribution in [2.75, 3.05) is 0 Å². The number of aliphatic hydroxyl groups is 2. The Bertz CT molecular complexity index is 515. The van der Waals surface area contributed by atoms with Crippen LogP contribution in [0.5, 0.6) is 0 Å². The third-order valence-corrected chi connectivity index (χ3v) is 4.63. The highest BCUT2D eigenvalue weighted by Gasteiger charge is 2.71. The lowest BCUT2D eigenvalue weighted by atomic mass is 9.74. The minimum atomic E-state index is -0.668. The van der Waals surface area contributed by atoms with Crippen LogP contribution in [0.3, 0.4) is 0 Å². The molecule has 2 N–H and O–H groups in total. The molecule has 4 nitrogen and oxygen atoms in total. The average Bonchev–Trinajstić information content (AvgIpc) is 3.05. The molecule has 0 aromatic heterocycles. The molecule has 1 spiro atoms. The van der Waals surface area contributed by atoms with Crippen molar-refractivity contribution in [2.45, 2.75) is 69.2 Å². The van der Waals surface area contributed by atoms with Gasteiger partial charge in [0.2, 0.25) is 0 Å². The van der Waals surface area contributed by atoms with Crippen LogP contribution >= 0.6 is 0 Å². The van der Waals surface area contributed by atoms with Crippen LogP contribution in [-0.4, -0.2) is 45.8 Å². The third kappa shape index (κ3) is 2.00. The number of aliphatic hydroxyl groups excluding tert-OH is 2. The molecule has 0 radical (unpaired) electrons. The molecule has 5 atom stereocenters. The zero-order valence-corrected chi connectivity index (χ0v) is 12.2. The molecule has 0 bridgehead atoms. The lowest BCUT2D eigenvalue weighted by molar-refractivity contribution is -0.200. The standard InChI is InChI=1S/C16H22O4/c1-9(2)5-6-10-7-12-16(14(20-16)13(10)18)8-11(17)15(3,4)19-12/h5,11-14,17-18H,1,7-8H2,2-4H3. The molecule has 0 aromatic rings. The van der Waals surface area contributed by atoms with Gasteiger partial charge < -0.3 is 19.7 Å². The second-order valence-corrected chi connectivity index (χ2v) is 6.73. The van der Waals surface area contributed by atoms with E-state index in [1.165, 1.54) is 0 Å². The van der Waals surface area contributed by atoms with E-state index in [4.69, 9.17) is 9.47 Å². The van der Waals surface area contributed by atoms with Gasteiger partial charge in [0, 0.05) is 18.4 Å². The van der Waals surface area contributed by atoms with Gasteiger partial charge in [-0.2, -0.15) is 0 Å². The van der Waals surface area contributed by atoms with Crippen LogP contribution in [-0.2, 0) is 9.47 Å². The highest BCUT2D eigenvalue weighted by atomic mass is 16.7. The van der Waals surface area contributed by atoms with Crippen LogP contribution in [0.15, 0.2) is 29.5 Å². The number of ether oxygens (including phenoxy) is 2. The van der Waals surface area contributed by atoms with E-state index in [1.54, 1.807) is 6.08 Å². The first kappa shape index (κ1) is 14.1. The summed E-state index contributed by atoms with van der Waals surface area (Å²) in [5.74, 6) is 0. The first-order chi connectivity index (χ1) is 9.26. The maximum absolute atomic E-state index is 10.3. The van der Waals surface area contributed by atoms with Gasteiger partial charge in [-0.25, -0.2) is 0 Å². The van der Waals surface area contributed by atoms with Gasteiger partial charge >= 0.3 is 0 Å². The molecule has 20 heavy (non-hydrogen) atoms. The molecule has 1 aliphatic carbocycles. The molecular weight excluding hydrogens is 256 g/mol. The molecule has 110 valence electrons. The van der Waals surface area contributed by atoms with Crippen molar-refractivity contribution in [2.24, 2.45) is 0 Å². The normalized spacial score (nSPS) is 45.0. The molecule has 4 heteroatoms. The Morgan fingerprint density at radius 3 is 2.75 bits per heavy atom. The smallest absolute Gasteiger partial charge is 0.127 e. The van der Waals surface area contributed by atoms with E-state index >= 15 is 0 Å². The fourth-order valence-corrected chi connectivity index (χ4v) is 3.26. The summed E-state index contributed by atoms with van der Waals surface area (Å²) in [4.78, 5) is 0. The van der Waals surface area contributed by atoms with Crippen molar-refractivity contribution in [3.05, 3.63) is 29.5 Å². The van der Waals surface area contributed by atoms with E-state index in [1.807, 2.05) is 20.8 Å². The summed E-state index contributed by atoms with van der Waals surface area (Å²) in [7, 11) is 0. The monoisotopic (exact) mass is 278 g/mol. The zero-order valence-electron chi connectivity index (χ0n) is 12.2. The van der Waals surface area contributed by atoms with Gasteiger partial charge in [0.05, 0.1) is 17.8 Å². The Morgan fingerprint density at radius 2 is 2.10 bits per heavy atom. The average molecular weight is 278 g/mol. The fraction of sp³-hybridized carbons (Fsp3) is 0.688. The van der Waals surface area contributed by atoms with Crippen molar-refractivity contribution in [3.8, 4) is 0 Å². The van der Waals surface area contributed by atoms with Crippen molar-refractivity contribution < 1.29 is 19.7 Å². The summed E-state index contributed by atoms with van der Waals surface area (Å²) in [6.07, 6.45) is 1.22. The van der Waals surface area contributed by atoms with Gasteiger partial charge in [0.1, 0.15) is 17.8 Å². The molecule has 2 heterocycles. The SMILES string of the molecule is C=C(C)C=C=C1CC2OC(C)(C)C(O)CC23OC3C1O. The first-order valence-corrected chi connectivity index (χ1v) is 7.09. The summed E-state index contributed by atoms with van der Waals surface area (Å²) in [5.41, 5.74) is 3.70. The van der Waals surface area contributed by atoms with E-state index in [2.05, 4.69) is 12.3 Å². The minimum Gasteiger partial charge on any atom is -0.390 e. The fourth-order valence-electron chi connectivity index (χ4n) is 3.26. The van der Waals surface area contributed by atoms with E-state index in [0.717, 1.165) is 11.1 Å². The Hall–Kier alpha value is -0.900. The third-order valence-electron chi connectivity index (χ3n) is 4.63. The summed E-state index contributed by atoms with van der Waals surface area (Å²) in [6, 6.07) is 0. The topological polar surface area (TPSA) is 62.2 Å². The van der Waals surface area contributed by atoms with Gasteiger partial charge in [0.25, 0.3) is 0 Å². The lowest BCUT2D eigenvalue weighted by Crippen LogP contribution is -2.58. The summed E-state index contributed by atoms with van der Waals surface area (Å²) in [5, 5.41) is 20.5. The van der Waals surface area contributed by atoms with E-state index in [9.17, 15) is 10.2 Å². The van der Waals surface area contributed by atoms with Crippen molar-refractivity contribution in [1.29, 1.82) is 0 Å². The highest BCUT2D eigenvalue weighted by Crippen LogP contribution is 2.57. The summed E-state index contributed by atoms with van der Waals surface area (Å²) < 4.78 is 11.8. The largest absolute Gasteiger partial charge is 0.390 e. The Morgan fingerprint density at radius 1 is 1.40 bits per heavy atom. The number of hydrogen-bond acceptors (Lipinski definition) is 4. The van der Waals surface area contributed by atoms with E-state index in [-0.39, 0.29) is 12.2 Å². The number of rotatable bonds is 1. The molecule has 5 unspecified atom stereocenters. The van der Waals surface area contributed by atoms with Crippen molar-refractivity contribution in [3.63, 3.8) is 0 Å². The van der Waals surface area contributed by atoms with Crippen LogP contribution in [0.4, 0.5) is 0 Å². The maximum Gasteiger partial charge on any atom is 0.127 e. The molecular formula is C16H22O4. The number of hydrogen-bond donors (Lipinski definition) is 2. The number of allylic oxidation sites excluding steroid dienone is 1. The second kappa shape index (κ2) is 4.30. The van der Waals surface area contributed by atoms with Gasteiger partial charge in [-0.05, 0) is 26.8 Å². The first-order valence-electron chi connectivity index (χ1n) is 7.09. The predicted octanol–water partition coefficient (Wildman–Crippen LogP) is 1.47. The van der Waals surface area contributed by atoms with Crippen LogP contribution in [0, 0.1) is 0 Å². The van der Waals surface area contributed by atoms with Crippen LogP contribution in [0.2, 0.25) is 0 Å². The molecule has 2 aliphatic heterocycles. The molecule has 3 aliphatic rings. The molecule has 0 amide bonds. The Balaban J connectivity index is 1.89. The van der Waals surface area contributed by atoms with Crippen LogP contribution < -0.4 is 0 Å². The Kier molecular flexibility index (Phi) is 3.02.